The number of aliphatic hydroxyl groups excluding tert-OH is 3. The number of rotatable bonds is 4. The molecule has 2 heterocycles. The van der Waals surface area contributed by atoms with Gasteiger partial charge in [0.05, 0.1) is 13.7 Å². The molecule has 170 valence electrons. The summed E-state index contributed by atoms with van der Waals surface area (Å²) in [6.07, 6.45) is -6.22. The first kappa shape index (κ1) is 21.7. The summed E-state index contributed by atoms with van der Waals surface area (Å²) in [5, 5.41) is 59.4. The maximum absolute atomic E-state index is 13.3. The molecule has 0 saturated carbocycles. The fourth-order valence-electron chi connectivity index (χ4n) is 3.34. The molecule has 0 aliphatic carbocycles. The first-order valence-corrected chi connectivity index (χ1v) is 9.44. The van der Waals surface area contributed by atoms with Crippen LogP contribution in [0.1, 0.15) is 0 Å². The summed E-state index contributed by atoms with van der Waals surface area (Å²) in [5.41, 5.74) is -0.796. The van der Waals surface area contributed by atoms with Crippen molar-refractivity contribution in [3.63, 3.8) is 0 Å². The second-order valence-corrected chi connectivity index (χ2v) is 7.18. The summed E-state index contributed by atoms with van der Waals surface area (Å²) >= 11 is 0. The van der Waals surface area contributed by atoms with Crippen LogP contribution >= 0.6 is 0 Å². The smallest absolute Gasteiger partial charge is 0.239 e. The molecule has 1 aliphatic rings. The average Bonchev–Trinajstić information content (AvgIpc) is 2.76. The van der Waals surface area contributed by atoms with Crippen LogP contribution in [0, 0.1) is 0 Å². The van der Waals surface area contributed by atoms with Crippen molar-refractivity contribution in [1.82, 2.24) is 0 Å². The summed E-state index contributed by atoms with van der Waals surface area (Å²) < 4.78 is 21.6. The highest BCUT2D eigenvalue weighted by Crippen LogP contribution is 2.39. The van der Waals surface area contributed by atoms with Gasteiger partial charge < -0.3 is 49.3 Å². The Morgan fingerprint density at radius 2 is 1.72 bits per heavy atom. The molecule has 1 saturated heterocycles. The Hall–Kier alpha value is -3.51. The SMILES string of the molecule is COc1cc(O)c2c(=O)c(O[C@H]3OC[C@H](O)[C@H](O)[C@@H]3O)c(-c3ccc(O)c(O)c3)oc2c1. The Morgan fingerprint density at radius 1 is 0.969 bits per heavy atom. The van der Waals surface area contributed by atoms with Gasteiger partial charge in [-0.2, -0.15) is 0 Å². The lowest BCUT2D eigenvalue weighted by Gasteiger charge is -2.34. The molecule has 1 aromatic heterocycles. The van der Waals surface area contributed by atoms with Crippen LogP contribution < -0.4 is 14.9 Å². The molecule has 2 aromatic carbocycles. The van der Waals surface area contributed by atoms with E-state index >= 15 is 0 Å². The van der Waals surface area contributed by atoms with E-state index in [0.29, 0.717) is 0 Å². The number of aromatic hydroxyl groups is 3. The molecule has 1 fully saturated rings. The van der Waals surface area contributed by atoms with Gasteiger partial charge in [-0.25, -0.2) is 0 Å². The monoisotopic (exact) mass is 448 g/mol. The first-order chi connectivity index (χ1) is 15.2. The average molecular weight is 448 g/mol. The molecule has 11 nitrogen and oxygen atoms in total. The summed E-state index contributed by atoms with van der Waals surface area (Å²) in [4.78, 5) is 13.3. The predicted molar refractivity (Wildman–Crippen MR) is 108 cm³/mol. The second-order valence-electron chi connectivity index (χ2n) is 7.18. The Kier molecular flexibility index (Phi) is 5.57. The van der Waals surface area contributed by atoms with Gasteiger partial charge in [0.25, 0.3) is 0 Å². The molecular formula is C21H20O11. The molecule has 4 rings (SSSR count). The van der Waals surface area contributed by atoms with Crippen LogP contribution in [0.25, 0.3) is 22.3 Å². The van der Waals surface area contributed by atoms with Crippen molar-refractivity contribution in [2.24, 2.45) is 0 Å². The van der Waals surface area contributed by atoms with Gasteiger partial charge in [0.2, 0.25) is 17.5 Å². The Bertz CT molecular complexity index is 1220. The third kappa shape index (κ3) is 3.67. The predicted octanol–water partition coefficient (Wildman–Crippen LogP) is 0.403. The minimum Gasteiger partial charge on any atom is -0.507 e. The molecule has 3 aromatic rings. The fourth-order valence-corrected chi connectivity index (χ4v) is 3.34. The number of methoxy groups -OCH3 is 1. The summed E-state index contributed by atoms with van der Waals surface area (Å²) in [6.45, 7) is -0.375. The van der Waals surface area contributed by atoms with Crippen LogP contribution in [0.15, 0.2) is 39.5 Å². The third-order valence-electron chi connectivity index (χ3n) is 5.07. The van der Waals surface area contributed by atoms with E-state index in [-0.39, 0.29) is 34.6 Å². The zero-order valence-electron chi connectivity index (χ0n) is 16.6. The van der Waals surface area contributed by atoms with E-state index in [4.69, 9.17) is 18.6 Å². The standard InChI is InChI=1S/C21H20O11/c1-29-9-5-12(24)15-14(6-9)31-19(8-2-3-10(22)11(23)4-8)20(17(15)27)32-21-18(28)16(26)13(25)7-30-21/h2-6,13,16,18,21-26,28H,7H2,1H3/t13-,16-,18-,21+/m0/s1. The number of aliphatic hydroxyl groups is 3. The topological polar surface area (TPSA) is 179 Å². The lowest BCUT2D eigenvalue weighted by molar-refractivity contribution is -0.242. The van der Waals surface area contributed by atoms with Crippen LogP contribution in [0.4, 0.5) is 0 Å². The summed E-state index contributed by atoms with van der Waals surface area (Å²) in [6, 6.07) is 6.16. The van der Waals surface area contributed by atoms with E-state index in [2.05, 4.69) is 0 Å². The van der Waals surface area contributed by atoms with E-state index in [1.54, 1.807) is 0 Å². The number of ether oxygens (including phenoxy) is 3. The number of hydrogen-bond donors (Lipinski definition) is 6. The molecule has 6 N–H and O–H groups in total. The van der Waals surface area contributed by atoms with Crippen molar-refractivity contribution in [3.8, 4) is 40.1 Å². The van der Waals surface area contributed by atoms with Gasteiger partial charge in [0.15, 0.2) is 17.3 Å². The number of benzene rings is 2. The van der Waals surface area contributed by atoms with Crippen molar-refractivity contribution in [2.75, 3.05) is 13.7 Å². The van der Waals surface area contributed by atoms with Gasteiger partial charge in [-0.1, -0.05) is 0 Å². The number of fused-ring (bicyclic) bond motifs is 1. The van der Waals surface area contributed by atoms with Crippen molar-refractivity contribution >= 4 is 11.0 Å². The third-order valence-corrected chi connectivity index (χ3v) is 5.07. The summed E-state index contributed by atoms with van der Waals surface area (Å²) in [5.74, 6) is -1.90. The van der Waals surface area contributed by atoms with Crippen molar-refractivity contribution in [1.29, 1.82) is 0 Å². The Morgan fingerprint density at radius 3 is 2.41 bits per heavy atom. The largest absolute Gasteiger partial charge is 0.507 e. The van der Waals surface area contributed by atoms with Crippen molar-refractivity contribution in [3.05, 3.63) is 40.6 Å². The highest BCUT2D eigenvalue weighted by molar-refractivity contribution is 5.88. The van der Waals surface area contributed by atoms with Crippen molar-refractivity contribution in [2.45, 2.75) is 24.6 Å². The first-order valence-electron chi connectivity index (χ1n) is 9.44. The molecule has 11 heteroatoms. The molecule has 0 unspecified atom stereocenters. The molecule has 4 atom stereocenters. The number of phenolic OH excluding ortho intramolecular Hbond substituents is 3. The van der Waals surface area contributed by atoms with Crippen LogP contribution in [-0.4, -0.2) is 69.0 Å². The Balaban J connectivity index is 1.92. The van der Waals surface area contributed by atoms with Crippen LogP contribution in [0.3, 0.4) is 0 Å². The zero-order chi connectivity index (χ0) is 23.2. The summed E-state index contributed by atoms with van der Waals surface area (Å²) in [7, 11) is 1.36. The van der Waals surface area contributed by atoms with Gasteiger partial charge in [-0.05, 0) is 18.2 Å². The van der Waals surface area contributed by atoms with E-state index in [1.807, 2.05) is 0 Å². The van der Waals surface area contributed by atoms with Gasteiger partial charge in [-0.15, -0.1) is 0 Å². The maximum Gasteiger partial charge on any atom is 0.239 e. The molecule has 0 radical (unpaired) electrons. The minimum atomic E-state index is -1.71. The molecular weight excluding hydrogens is 428 g/mol. The lowest BCUT2D eigenvalue weighted by atomic mass is 10.1. The van der Waals surface area contributed by atoms with E-state index in [9.17, 15) is 35.4 Å². The molecule has 0 bridgehead atoms. The van der Waals surface area contributed by atoms with Crippen LogP contribution in [0.5, 0.6) is 28.7 Å². The van der Waals surface area contributed by atoms with Crippen LogP contribution in [0.2, 0.25) is 0 Å². The molecule has 0 amide bonds. The fraction of sp³-hybridized carbons (Fsp3) is 0.286. The van der Waals surface area contributed by atoms with E-state index in [0.717, 1.165) is 12.1 Å². The number of hydrogen-bond acceptors (Lipinski definition) is 11. The Labute approximate surface area is 179 Å². The molecule has 32 heavy (non-hydrogen) atoms. The van der Waals surface area contributed by atoms with Gasteiger partial charge in [0, 0.05) is 17.7 Å². The minimum absolute atomic E-state index is 0.0673. The normalized spacial score (nSPS) is 23.2. The number of phenols is 3. The van der Waals surface area contributed by atoms with E-state index < -0.39 is 53.0 Å². The molecule has 0 spiro atoms. The maximum atomic E-state index is 13.3. The van der Waals surface area contributed by atoms with Gasteiger partial charge in [0.1, 0.15) is 40.8 Å². The van der Waals surface area contributed by atoms with Crippen LogP contribution in [-0.2, 0) is 4.74 Å². The zero-order valence-corrected chi connectivity index (χ0v) is 16.6. The highest BCUT2D eigenvalue weighted by atomic mass is 16.7. The molecule has 1 aliphatic heterocycles. The van der Waals surface area contributed by atoms with Gasteiger partial charge >= 0.3 is 0 Å². The lowest BCUT2D eigenvalue weighted by Crippen LogP contribution is -2.55. The van der Waals surface area contributed by atoms with Gasteiger partial charge in [-0.3, -0.25) is 4.79 Å². The second kappa shape index (κ2) is 8.20. The van der Waals surface area contributed by atoms with Crippen molar-refractivity contribution < 1.29 is 49.3 Å². The van der Waals surface area contributed by atoms with E-state index in [1.165, 1.54) is 25.3 Å². The quantitative estimate of drug-likeness (QED) is 0.304. The highest BCUT2D eigenvalue weighted by Gasteiger charge is 2.40.